The molecule has 0 radical (unpaired) electrons. The second-order valence-corrected chi connectivity index (χ2v) is 7.65. The van der Waals surface area contributed by atoms with Crippen LogP contribution in [0.4, 0.5) is 26.3 Å². The molecule has 0 aliphatic heterocycles. The average molecular weight is 482 g/mol. The quantitative estimate of drug-likeness (QED) is 0.377. The molecule has 1 N–H and O–H groups in total. The van der Waals surface area contributed by atoms with Crippen LogP contribution in [-0.2, 0) is 14.8 Å². The molecule has 14 heteroatoms. The molecule has 2 aromatic rings. The van der Waals surface area contributed by atoms with Crippen LogP contribution in [0.15, 0.2) is 23.1 Å². The Hall–Kier alpha value is -2.18. The molecule has 0 unspecified atom stereocenters. The van der Waals surface area contributed by atoms with Gasteiger partial charge in [-0.15, -0.1) is 0 Å². The van der Waals surface area contributed by atoms with Crippen molar-refractivity contribution in [3.05, 3.63) is 57.1 Å². The highest BCUT2D eigenvalue weighted by Gasteiger charge is 2.37. The van der Waals surface area contributed by atoms with Crippen molar-refractivity contribution in [2.45, 2.75) is 11.3 Å². The van der Waals surface area contributed by atoms with Crippen molar-refractivity contribution in [3.8, 4) is 5.75 Å². The van der Waals surface area contributed by atoms with Crippen LogP contribution < -0.4 is 9.46 Å². The third-order valence-corrected chi connectivity index (χ3v) is 5.21. The van der Waals surface area contributed by atoms with Gasteiger partial charge in [0.05, 0.1) is 10.6 Å². The third kappa shape index (κ3) is 4.87. The summed E-state index contributed by atoms with van der Waals surface area (Å²) >= 11 is 11.4. The summed E-state index contributed by atoms with van der Waals surface area (Å²) in [5.74, 6) is -12.2. The van der Waals surface area contributed by atoms with Gasteiger partial charge in [0.15, 0.2) is 29.9 Å². The van der Waals surface area contributed by atoms with Crippen LogP contribution in [0.25, 0.3) is 0 Å². The summed E-state index contributed by atoms with van der Waals surface area (Å²) < 4.78 is 110. The van der Waals surface area contributed by atoms with E-state index in [1.54, 1.807) is 0 Å². The Bertz CT molecular complexity index is 1080. The molecule has 0 atom stereocenters. The van der Waals surface area contributed by atoms with Gasteiger partial charge >= 0.3 is 0 Å². The van der Waals surface area contributed by atoms with E-state index in [0.29, 0.717) is 0 Å². The van der Waals surface area contributed by atoms with Gasteiger partial charge in [0.1, 0.15) is 10.6 Å². The molecule has 5 nitrogen and oxygen atoms in total. The van der Waals surface area contributed by atoms with Crippen molar-refractivity contribution in [1.29, 1.82) is 0 Å². The lowest BCUT2D eigenvalue weighted by Gasteiger charge is -2.14. The normalized spacial score (nSPS) is 11.6. The van der Waals surface area contributed by atoms with E-state index < -0.39 is 62.7 Å². The monoisotopic (exact) mass is 481 g/mol. The number of rotatable bonds is 6. The minimum Gasteiger partial charge on any atom is -0.482 e. The van der Waals surface area contributed by atoms with Crippen LogP contribution in [0.3, 0.4) is 0 Å². The van der Waals surface area contributed by atoms with Crippen LogP contribution in [0.5, 0.6) is 5.75 Å². The minimum atomic E-state index is -5.58. The van der Waals surface area contributed by atoms with E-state index in [1.807, 2.05) is 0 Å². The van der Waals surface area contributed by atoms with Crippen molar-refractivity contribution < 1.29 is 44.3 Å². The number of ether oxygens (including phenoxy) is 1. The molecule has 0 spiro atoms. The van der Waals surface area contributed by atoms with Crippen molar-refractivity contribution in [1.82, 2.24) is 4.72 Å². The van der Waals surface area contributed by atoms with E-state index >= 15 is 0 Å². The number of hydrogen-bond donors (Lipinski definition) is 1. The minimum absolute atomic E-state index is 0.0677. The van der Waals surface area contributed by atoms with Gasteiger partial charge in [-0.1, -0.05) is 23.2 Å². The van der Waals surface area contributed by atoms with Crippen molar-refractivity contribution in [2.75, 3.05) is 6.61 Å². The highest BCUT2D eigenvalue weighted by molar-refractivity contribution is 7.90. The molecule has 0 saturated carbocycles. The first-order chi connectivity index (χ1) is 13.4. The number of sulfonamides is 1. The first-order valence-corrected chi connectivity index (χ1v) is 9.38. The van der Waals surface area contributed by atoms with Crippen LogP contribution >= 0.6 is 23.2 Å². The molecule has 0 bridgehead atoms. The Balaban J connectivity index is 2.33. The summed E-state index contributed by atoms with van der Waals surface area (Å²) in [4.78, 5) is 9.51. The van der Waals surface area contributed by atoms with Gasteiger partial charge in [0.25, 0.3) is 22.4 Å². The van der Waals surface area contributed by atoms with Crippen LogP contribution in [0, 0.1) is 23.3 Å². The van der Waals surface area contributed by atoms with Gasteiger partial charge in [-0.25, -0.2) is 39.5 Å². The van der Waals surface area contributed by atoms with Crippen LogP contribution in [0.1, 0.15) is 12.0 Å². The lowest BCUT2D eigenvalue weighted by atomic mass is 10.2. The van der Waals surface area contributed by atoms with Crippen molar-refractivity contribution in [3.63, 3.8) is 0 Å². The first-order valence-electron chi connectivity index (χ1n) is 7.14. The molecule has 0 aliphatic rings. The number of halogens is 8. The van der Waals surface area contributed by atoms with Gasteiger partial charge in [-0.2, -0.15) is 0 Å². The number of hydrogen-bond acceptors (Lipinski definition) is 4. The molecule has 158 valence electrons. The lowest BCUT2D eigenvalue weighted by molar-refractivity contribution is -0.121. The molecule has 2 rings (SSSR count). The zero-order valence-electron chi connectivity index (χ0n) is 13.6. The fourth-order valence-corrected chi connectivity index (χ4v) is 3.77. The van der Waals surface area contributed by atoms with E-state index in [4.69, 9.17) is 27.9 Å². The number of carbonyl (C=O) groups excluding carboxylic acids is 1. The SMILES string of the molecule is O=C(COc1ccc(Cl)cc1Cl)NS(=O)(=O)c1c(F)c(F)c(F)c(F)c1C(F)F. The molecule has 0 heterocycles. The third-order valence-electron chi connectivity index (χ3n) is 3.25. The van der Waals surface area contributed by atoms with Crippen molar-refractivity contribution in [2.24, 2.45) is 0 Å². The molecule has 0 aliphatic carbocycles. The highest BCUT2D eigenvalue weighted by atomic mass is 35.5. The fraction of sp³-hybridized carbons (Fsp3) is 0.133. The van der Waals surface area contributed by atoms with E-state index in [-0.39, 0.29) is 15.8 Å². The summed E-state index contributed by atoms with van der Waals surface area (Å²) in [6.07, 6.45) is -4.05. The molecular formula is C15H7Cl2F6NO4S. The largest absolute Gasteiger partial charge is 0.482 e. The Morgan fingerprint density at radius 3 is 2.17 bits per heavy atom. The van der Waals surface area contributed by atoms with Gasteiger partial charge in [-0.05, 0) is 18.2 Å². The predicted molar refractivity (Wildman–Crippen MR) is 88.5 cm³/mol. The molecule has 1 amide bonds. The Kier molecular flexibility index (Phi) is 6.91. The molecule has 0 saturated heterocycles. The maximum atomic E-state index is 13.8. The number of benzene rings is 2. The van der Waals surface area contributed by atoms with E-state index in [1.165, 1.54) is 18.2 Å². The topological polar surface area (TPSA) is 72.5 Å². The Labute approximate surface area is 169 Å². The van der Waals surface area contributed by atoms with Gasteiger partial charge in [0, 0.05) is 5.02 Å². The zero-order chi connectivity index (χ0) is 22.1. The summed E-state index contributed by atoms with van der Waals surface area (Å²) in [6.45, 7) is -1.07. The smallest absolute Gasteiger partial charge is 0.271 e. The summed E-state index contributed by atoms with van der Waals surface area (Å²) in [6, 6.07) is 3.75. The van der Waals surface area contributed by atoms with Crippen molar-refractivity contribution >= 4 is 39.1 Å². The van der Waals surface area contributed by atoms with Crippen LogP contribution in [0.2, 0.25) is 10.0 Å². The van der Waals surface area contributed by atoms with E-state index in [0.717, 1.165) is 4.72 Å². The van der Waals surface area contributed by atoms with E-state index in [2.05, 4.69) is 0 Å². The number of amides is 1. The zero-order valence-corrected chi connectivity index (χ0v) is 15.9. The maximum absolute atomic E-state index is 13.8. The number of carbonyl (C=O) groups is 1. The molecule has 2 aromatic carbocycles. The van der Waals surface area contributed by atoms with Crippen LogP contribution in [-0.4, -0.2) is 20.9 Å². The average Bonchev–Trinajstić information content (AvgIpc) is 2.61. The van der Waals surface area contributed by atoms with E-state index in [9.17, 15) is 39.6 Å². The Morgan fingerprint density at radius 2 is 1.62 bits per heavy atom. The molecule has 29 heavy (non-hydrogen) atoms. The van der Waals surface area contributed by atoms with Gasteiger partial charge in [0.2, 0.25) is 0 Å². The second-order valence-electron chi connectivity index (χ2n) is 5.19. The first kappa shape index (κ1) is 23.1. The van der Waals surface area contributed by atoms with Gasteiger partial charge < -0.3 is 4.74 Å². The number of nitrogens with one attached hydrogen (secondary N) is 1. The summed E-state index contributed by atoms with van der Waals surface area (Å²) in [5.41, 5.74) is -2.27. The maximum Gasteiger partial charge on any atom is 0.271 e. The standard InChI is InChI=1S/C15H7Cl2F6NO4S/c16-5-1-2-7(6(17)3-5)28-4-8(25)24-29(26,27)14-9(15(22)23)10(18)11(19)12(20)13(14)21/h1-3,15H,4H2,(H,24,25). The molecular weight excluding hydrogens is 475 g/mol. The number of alkyl halides is 2. The fourth-order valence-electron chi connectivity index (χ4n) is 2.05. The lowest BCUT2D eigenvalue weighted by Crippen LogP contribution is -2.36. The second kappa shape index (κ2) is 8.67. The Morgan fingerprint density at radius 1 is 1.03 bits per heavy atom. The predicted octanol–water partition coefficient (Wildman–Crippen LogP) is 4.37. The molecule has 0 fully saturated rings. The molecule has 0 aromatic heterocycles. The highest BCUT2D eigenvalue weighted by Crippen LogP contribution is 2.34. The summed E-state index contributed by atoms with van der Waals surface area (Å²) in [7, 11) is -5.58. The summed E-state index contributed by atoms with van der Waals surface area (Å²) in [5, 5.41) is 0.145. The van der Waals surface area contributed by atoms with Gasteiger partial charge in [-0.3, -0.25) is 4.79 Å².